The highest BCUT2D eigenvalue weighted by Crippen LogP contribution is 2.21. The van der Waals surface area contributed by atoms with Gasteiger partial charge < -0.3 is 0 Å². The molecule has 6 nitrogen and oxygen atoms in total. The van der Waals surface area contributed by atoms with Gasteiger partial charge in [0.15, 0.2) is 0 Å². The van der Waals surface area contributed by atoms with Gasteiger partial charge in [-0.05, 0) is 26.0 Å². The molecule has 0 aliphatic rings. The van der Waals surface area contributed by atoms with Gasteiger partial charge in [-0.2, -0.15) is 5.10 Å². The van der Waals surface area contributed by atoms with Gasteiger partial charge in [0.2, 0.25) is 0 Å². The van der Waals surface area contributed by atoms with Crippen LogP contribution in [0.25, 0.3) is 0 Å². The predicted octanol–water partition coefficient (Wildman–Crippen LogP) is 1.23. The third-order valence-corrected chi connectivity index (χ3v) is 4.28. The van der Waals surface area contributed by atoms with Crippen molar-refractivity contribution in [3.8, 4) is 0 Å². The van der Waals surface area contributed by atoms with Crippen LogP contribution in [0.5, 0.6) is 0 Å². The van der Waals surface area contributed by atoms with E-state index in [4.69, 9.17) is 0 Å². The van der Waals surface area contributed by atoms with Crippen molar-refractivity contribution < 1.29 is 8.42 Å². The average Bonchev–Trinajstić information content (AvgIpc) is 2.54. The second kappa shape index (κ2) is 4.41. The maximum atomic E-state index is 12.3. The van der Waals surface area contributed by atoms with Crippen LogP contribution in [0.3, 0.4) is 0 Å². The molecule has 0 saturated carbocycles. The highest BCUT2D eigenvalue weighted by atomic mass is 32.2. The highest BCUT2D eigenvalue weighted by Gasteiger charge is 2.23. The summed E-state index contributed by atoms with van der Waals surface area (Å²) >= 11 is 0. The number of hydrogen-bond donors (Lipinski definition) is 1. The van der Waals surface area contributed by atoms with E-state index in [1.807, 2.05) is 0 Å². The van der Waals surface area contributed by atoms with Crippen LogP contribution in [-0.4, -0.2) is 23.2 Å². The summed E-state index contributed by atoms with van der Waals surface area (Å²) in [4.78, 5) is 4.06. The van der Waals surface area contributed by atoms with Gasteiger partial charge in [-0.25, -0.2) is 8.42 Å². The van der Waals surface area contributed by atoms with Crippen molar-refractivity contribution in [2.45, 2.75) is 18.7 Å². The van der Waals surface area contributed by atoms with E-state index in [-0.39, 0.29) is 4.90 Å². The Morgan fingerprint density at radius 3 is 2.33 bits per heavy atom. The standard InChI is InChI=1S/C11H14N4O2S/c1-8-11(9(2)15(3)13-8)18(16,17)14-10-4-6-12-7-5-10/h4-7H,1-3H3,(H,12,14). The third kappa shape index (κ3) is 2.21. The van der Waals surface area contributed by atoms with E-state index in [1.54, 1.807) is 37.7 Å². The van der Waals surface area contributed by atoms with E-state index in [9.17, 15) is 8.42 Å². The molecule has 0 spiro atoms. The molecule has 7 heteroatoms. The fourth-order valence-corrected chi connectivity index (χ4v) is 3.27. The molecule has 2 aromatic rings. The second-order valence-corrected chi connectivity index (χ2v) is 5.58. The summed E-state index contributed by atoms with van der Waals surface area (Å²) < 4.78 is 28.6. The largest absolute Gasteiger partial charge is 0.279 e. The van der Waals surface area contributed by atoms with Crippen LogP contribution < -0.4 is 4.72 Å². The maximum absolute atomic E-state index is 12.3. The van der Waals surface area contributed by atoms with Crippen molar-refractivity contribution in [2.75, 3.05) is 4.72 Å². The number of sulfonamides is 1. The van der Waals surface area contributed by atoms with Crippen LogP contribution in [0.4, 0.5) is 5.69 Å². The SMILES string of the molecule is Cc1nn(C)c(C)c1S(=O)(=O)Nc1ccncc1. The number of pyridine rings is 1. The molecule has 0 unspecified atom stereocenters. The highest BCUT2D eigenvalue weighted by molar-refractivity contribution is 7.92. The third-order valence-electron chi connectivity index (χ3n) is 2.64. The molecule has 0 aromatic carbocycles. The topological polar surface area (TPSA) is 76.9 Å². The Morgan fingerprint density at radius 1 is 1.22 bits per heavy atom. The first-order valence-corrected chi connectivity index (χ1v) is 6.83. The van der Waals surface area contributed by atoms with Gasteiger partial charge in [0.1, 0.15) is 4.90 Å². The Bertz CT molecular complexity index is 662. The van der Waals surface area contributed by atoms with Crippen LogP contribution in [0, 0.1) is 13.8 Å². The van der Waals surface area contributed by atoms with Gasteiger partial charge in [0, 0.05) is 19.4 Å². The molecule has 1 N–H and O–H groups in total. The predicted molar refractivity (Wildman–Crippen MR) is 67.7 cm³/mol. The zero-order valence-electron chi connectivity index (χ0n) is 10.4. The summed E-state index contributed by atoms with van der Waals surface area (Å²) in [6.45, 7) is 3.40. The molecule has 0 aliphatic heterocycles. The van der Waals surface area contributed by atoms with E-state index < -0.39 is 10.0 Å². The fraction of sp³-hybridized carbons (Fsp3) is 0.273. The van der Waals surface area contributed by atoms with Crippen molar-refractivity contribution in [1.82, 2.24) is 14.8 Å². The van der Waals surface area contributed by atoms with Gasteiger partial charge in [0.05, 0.1) is 17.1 Å². The first-order valence-electron chi connectivity index (χ1n) is 5.35. The summed E-state index contributed by atoms with van der Waals surface area (Å²) in [5.74, 6) is 0. The lowest BCUT2D eigenvalue weighted by Crippen LogP contribution is -2.14. The van der Waals surface area contributed by atoms with E-state index in [0.717, 1.165) is 0 Å². The lowest BCUT2D eigenvalue weighted by atomic mass is 10.4. The van der Waals surface area contributed by atoms with E-state index in [2.05, 4.69) is 14.8 Å². The van der Waals surface area contributed by atoms with Crippen molar-refractivity contribution in [2.24, 2.45) is 7.05 Å². The molecule has 0 atom stereocenters. The molecule has 0 aliphatic carbocycles. The summed E-state index contributed by atoms with van der Waals surface area (Å²) in [5.41, 5.74) is 1.57. The summed E-state index contributed by atoms with van der Waals surface area (Å²) in [6.07, 6.45) is 3.06. The van der Waals surface area contributed by atoms with Crippen LogP contribution >= 0.6 is 0 Å². The minimum Gasteiger partial charge on any atom is -0.279 e. The Morgan fingerprint density at radius 2 is 1.83 bits per heavy atom. The maximum Gasteiger partial charge on any atom is 0.265 e. The van der Waals surface area contributed by atoms with Crippen molar-refractivity contribution in [3.05, 3.63) is 35.9 Å². The zero-order chi connectivity index (χ0) is 13.3. The molecule has 0 fully saturated rings. The molecule has 96 valence electrons. The van der Waals surface area contributed by atoms with Crippen LogP contribution in [0.2, 0.25) is 0 Å². The number of hydrogen-bond acceptors (Lipinski definition) is 4. The smallest absolute Gasteiger partial charge is 0.265 e. The molecule has 2 aromatic heterocycles. The van der Waals surface area contributed by atoms with Crippen molar-refractivity contribution >= 4 is 15.7 Å². The minimum absolute atomic E-state index is 0.224. The number of rotatable bonds is 3. The Labute approximate surface area is 106 Å². The van der Waals surface area contributed by atoms with Gasteiger partial charge in [-0.3, -0.25) is 14.4 Å². The number of aromatic nitrogens is 3. The van der Waals surface area contributed by atoms with E-state index in [0.29, 0.717) is 17.1 Å². The molecule has 0 saturated heterocycles. The zero-order valence-corrected chi connectivity index (χ0v) is 11.2. The quantitative estimate of drug-likeness (QED) is 0.906. The molecule has 0 bridgehead atoms. The van der Waals surface area contributed by atoms with Crippen molar-refractivity contribution in [3.63, 3.8) is 0 Å². The lowest BCUT2D eigenvalue weighted by molar-refractivity contribution is 0.599. The first kappa shape index (κ1) is 12.6. The number of anilines is 1. The molecule has 18 heavy (non-hydrogen) atoms. The minimum atomic E-state index is -3.61. The molecular weight excluding hydrogens is 252 g/mol. The van der Waals surface area contributed by atoms with E-state index >= 15 is 0 Å². The fourth-order valence-electron chi connectivity index (χ4n) is 1.77. The summed E-state index contributed by atoms with van der Waals surface area (Å²) in [7, 11) is -1.90. The first-order chi connectivity index (χ1) is 8.42. The van der Waals surface area contributed by atoms with Crippen molar-refractivity contribution in [1.29, 1.82) is 0 Å². The Balaban J connectivity index is 2.43. The molecule has 2 rings (SSSR count). The number of nitrogens with one attached hydrogen (secondary N) is 1. The Kier molecular flexibility index (Phi) is 3.08. The van der Waals surface area contributed by atoms with Crippen LogP contribution in [0.15, 0.2) is 29.4 Å². The second-order valence-electron chi connectivity index (χ2n) is 3.96. The lowest BCUT2D eigenvalue weighted by Gasteiger charge is -2.07. The normalized spacial score (nSPS) is 11.5. The van der Waals surface area contributed by atoms with Gasteiger partial charge in [-0.15, -0.1) is 0 Å². The molecule has 2 heterocycles. The average molecular weight is 266 g/mol. The van der Waals surface area contributed by atoms with Gasteiger partial charge >= 0.3 is 0 Å². The van der Waals surface area contributed by atoms with Crippen LogP contribution in [0.1, 0.15) is 11.4 Å². The number of aryl methyl sites for hydroxylation is 2. The summed E-state index contributed by atoms with van der Waals surface area (Å²) in [6, 6.07) is 3.19. The van der Waals surface area contributed by atoms with Gasteiger partial charge in [0.25, 0.3) is 10.0 Å². The molecule has 0 amide bonds. The molecular formula is C11H14N4O2S. The van der Waals surface area contributed by atoms with Crippen LogP contribution in [-0.2, 0) is 17.1 Å². The summed E-state index contributed by atoms with van der Waals surface area (Å²) in [5, 5.41) is 4.10. The monoisotopic (exact) mass is 266 g/mol. The van der Waals surface area contributed by atoms with Gasteiger partial charge in [-0.1, -0.05) is 0 Å². The number of nitrogens with zero attached hydrogens (tertiary/aromatic N) is 3. The van der Waals surface area contributed by atoms with E-state index in [1.165, 1.54) is 12.4 Å². The Hall–Kier alpha value is -1.89. The molecule has 0 radical (unpaired) electrons.